The fourth-order valence-electron chi connectivity index (χ4n) is 4.88. The van der Waals surface area contributed by atoms with Gasteiger partial charge in [0.1, 0.15) is 0 Å². The number of benzene rings is 2. The van der Waals surface area contributed by atoms with E-state index in [-0.39, 0.29) is 5.91 Å². The lowest BCUT2D eigenvalue weighted by Crippen LogP contribution is -2.41. The van der Waals surface area contributed by atoms with Gasteiger partial charge in [-0.15, -0.1) is 0 Å². The average molecular weight is 423 g/mol. The summed E-state index contributed by atoms with van der Waals surface area (Å²) in [7, 11) is 3.34. The van der Waals surface area contributed by atoms with Crippen molar-refractivity contribution in [3.63, 3.8) is 0 Å². The maximum Gasteiger partial charge on any atom is 0.254 e. The van der Waals surface area contributed by atoms with Crippen LogP contribution in [0.25, 0.3) is 0 Å². The van der Waals surface area contributed by atoms with Crippen molar-refractivity contribution >= 4 is 5.91 Å². The number of carbonyl (C=O) groups is 1. The van der Waals surface area contributed by atoms with Crippen LogP contribution in [0.5, 0.6) is 11.5 Å². The summed E-state index contributed by atoms with van der Waals surface area (Å²) in [6.07, 6.45) is 3.12. The minimum absolute atomic E-state index is 0.216. The molecule has 1 fully saturated rings. The molecule has 2 aromatic rings. The Balaban J connectivity index is 1.30. The Kier molecular flexibility index (Phi) is 6.51. The summed E-state index contributed by atoms with van der Waals surface area (Å²) in [5.41, 5.74) is 5.87. The minimum atomic E-state index is 0.216. The molecule has 5 heteroatoms. The summed E-state index contributed by atoms with van der Waals surface area (Å²) in [5, 5.41) is 0. The van der Waals surface area contributed by atoms with Crippen molar-refractivity contribution in [2.75, 3.05) is 46.9 Å². The molecule has 2 heterocycles. The van der Waals surface area contributed by atoms with Crippen LogP contribution in [0, 0.1) is 19.8 Å². The summed E-state index contributed by atoms with van der Waals surface area (Å²) in [6.45, 7) is 9.14. The van der Waals surface area contributed by atoms with Crippen LogP contribution in [0.15, 0.2) is 30.3 Å². The molecule has 2 aliphatic heterocycles. The second kappa shape index (κ2) is 9.31. The van der Waals surface area contributed by atoms with E-state index in [0.29, 0.717) is 5.92 Å². The highest BCUT2D eigenvalue weighted by Gasteiger charge is 2.30. The van der Waals surface area contributed by atoms with Crippen LogP contribution >= 0.6 is 0 Å². The van der Waals surface area contributed by atoms with Gasteiger partial charge in [0.15, 0.2) is 11.5 Å². The van der Waals surface area contributed by atoms with Crippen LogP contribution in [0.3, 0.4) is 0 Å². The Morgan fingerprint density at radius 1 is 1.00 bits per heavy atom. The number of hydrogen-bond donors (Lipinski definition) is 0. The molecule has 5 nitrogen and oxygen atoms in total. The third-order valence-corrected chi connectivity index (χ3v) is 6.90. The second-order valence-electron chi connectivity index (χ2n) is 8.99. The summed E-state index contributed by atoms with van der Waals surface area (Å²) in [6, 6.07) is 10.4. The number of rotatable bonds is 7. The molecule has 166 valence electrons. The summed E-state index contributed by atoms with van der Waals surface area (Å²) in [5.74, 6) is 2.33. The molecule has 4 rings (SSSR count). The van der Waals surface area contributed by atoms with Gasteiger partial charge in [0, 0.05) is 31.7 Å². The van der Waals surface area contributed by atoms with Gasteiger partial charge in [-0.2, -0.15) is 0 Å². The van der Waals surface area contributed by atoms with Crippen LogP contribution in [0.4, 0.5) is 0 Å². The quantitative estimate of drug-likeness (QED) is 0.679. The molecule has 0 aliphatic carbocycles. The van der Waals surface area contributed by atoms with Crippen LogP contribution < -0.4 is 9.47 Å². The highest BCUT2D eigenvalue weighted by molar-refractivity contribution is 5.97. The number of nitrogens with zero attached hydrogens (tertiary/aromatic N) is 2. The number of hydrogen-bond acceptors (Lipinski definition) is 4. The van der Waals surface area contributed by atoms with Gasteiger partial charge in [0.2, 0.25) is 0 Å². The average Bonchev–Trinajstić information content (AvgIpc) is 3.23. The predicted octanol–water partition coefficient (Wildman–Crippen LogP) is 3.88. The third kappa shape index (κ3) is 4.72. The standard InChI is InChI=1S/C26H34N2O3/c1-18-13-22-9-12-28(26(29)23(22)14-19(18)2)17-21-8-11-27(16-21)10-7-20-5-6-24(30-3)25(15-20)31-4/h5-6,13-15,21H,7-12,16-17H2,1-4H3. The number of amides is 1. The van der Waals surface area contributed by atoms with Gasteiger partial charge < -0.3 is 19.3 Å². The first-order valence-electron chi connectivity index (χ1n) is 11.3. The lowest BCUT2D eigenvalue weighted by Gasteiger charge is -2.31. The molecule has 0 aromatic heterocycles. The van der Waals surface area contributed by atoms with Gasteiger partial charge in [-0.3, -0.25) is 4.79 Å². The van der Waals surface area contributed by atoms with Gasteiger partial charge in [-0.1, -0.05) is 12.1 Å². The Labute approximate surface area is 185 Å². The predicted molar refractivity (Wildman–Crippen MR) is 123 cm³/mol. The largest absolute Gasteiger partial charge is 0.493 e. The first-order valence-corrected chi connectivity index (χ1v) is 11.3. The van der Waals surface area contributed by atoms with Crippen molar-refractivity contribution in [1.82, 2.24) is 9.80 Å². The third-order valence-electron chi connectivity index (χ3n) is 6.90. The molecule has 0 radical (unpaired) electrons. The summed E-state index contributed by atoms with van der Waals surface area (Å²) >= 11 is 0. The summed E-state index contributed by atoms with van der Waals surface area (Å²) in [4.78, 5) is 17.7. The zero-order chi connectivity index (χ0) is 22.0. The maximum atomic E-state index is 13.1. The topological polar surface area (TPSA) is 42.0 Å². The monoisotopic (exact) mass is 422 g/mol. The molecule has 1 unspecified atom stereocenters. The van der Waals surface area contributed by atoms with Gasteiger partial charge in [0.25, 0.3) is 5.91 Å². The molecule has 0 spiro atoms. The number of ether oxygens (including phenoxy) is 2. The van der Waals surface area contributed by atoms with Crippen molar-refractivity contribution in [1.29, 1.82) is 0 Å². The number of fused-ring (bicyclic) bond motifs is 1. The minimum Gasteiger partial charge on any atom is -0.493 e. The van der Waals surface area contributed by atoms with E-state index in [1.165, 1.54) is 22.3 Å². The van der Waals surface area contributed by atoms with Crippen molar-refractivity contribution in [2.45, 2.75) is 33.1 Å². The molecule has 31 heavy (non-hydrogen) atoms. The zero-order valence-electron chi connectivity index (χ0n) is 19.2. The molecule has 2 aliphatic rings. The zero-order valence-corrected chi connectivity index (χ0v) is 19.2. The van der Waals surface area contributed by atoms with Crippen LogP contribution in [-0.4, -0.2) is 62.7 Å². The fraction of sp³-hybridized carbons (Fsp3) is 0.500. The lowest BCUT2D eigenvalue weighted by atomic mass is 9.93. The van der Waals surface area contributed by atoms with Gasteiger partial charge >= 0.3 is 0 Å². The van der Waals surface area contributed by atoms with Crippen molar-refractivity contribution in [3.05, 3.63) is 58.1 Å². The highest BCUT2D eigenvalue weighted by Crippen LogP contribution is 2.29. The van der Waals surface area contributed by atoms with Crippen molar-refractivity contribution in [3.8, 4) is 11.5 Å². The normalized spacial score (nSPS) is 18.9. The Morgan fingerprint density at radius 3 is 2.55 bits per heavy atom. The van der Waals surface area contributed by atoms with Crippen LogP contribution in [0.2, 0.25) is 0 Å². The van der Waals surface area contributed by atoms with E-state index >= 15 is 0 Å². The van der Waals surface area contributed by atoms with E-state index in [1.54, 1.807) is 14.2 Å². The molecule has 1 atom stereocenters. The molecular weight excluding hydrogens is 388 g/mol. The Hall–Kier alpha value is -2.53. The molecule has 0 saturated carbocycles. The molecule has 2 aromatic carbocycles. The number of carbonyl (C=O) groups excluding carboxylic acids is 1. The second-order valence-corrected chi connectivity index (χ2v) is 8.99. The van der Waals surface area contributed by atoms with E-state index in [4.69, 9.17) is 9.47 Å². The molecule has 1 amide bonds. The van der Waals surface area contributed by atoms with Crippen LogP contribution in [-0.2, 0) is 12.8 Å². The first kappa shape index (κ1) is 21.7. The first-order chi connectivity index (χ1) is 15.0. The van der Waals surface area contributed by atoms with E-state index in [9.17, 15) is 4.79 Å². The van der Waals surface area contributed by atoms with E-state index < -0.39 is 0 Å². The number of likely N-dealkylation sites (tertiary alicyclic amines) is 1. The smallest absolute Gasteiger partial charge is 0.254 e. The summed E-state index contributed by atoms with van der Waals surface area (Å²) < 4.78 is 10.8. The SMILES string of the molecule is COc1ccc(CCN2CCC(CN3CCc4cc(C)c(C)cc4C3=O)C2)cc1OC. The number of methoxy groups -OCH3 is 2. The molecule has 1 saturated heterocycles. The Bertz CT molecular complexity index is 956. The van der Waals surface area contributed by atoms with Gasteiger partial charge in [0.05, 0.1) is 14.2 Å². The lowest BCUT2D eigenvalue weighted by molar-refractivity contribution is 0.0712. The molecular formula is C26H34N2O3. The highest BCUT2D eigenvalue weighted by atomic mass is 16.5. The van der Waals surface area contributed by atoms with Gasteiger partial charge in [-0.05, 0) is 86.0 Å². The van der Waals surface area contributed by atoms with E-state index in [1.807, 2.05) is 6.07 Å². The number of aryl methyl sites for hydroxylation is 2. The van der Waals surface area contributed by atoms with Crippen molar-refractivity contribution < 1.29 is 14.3 Å². The van der Waals surface area contributed by atoms with Crippen LogP contribution in [0.1, 0.15) is 39.0 Å². The Morgan fingerprint density at radius 2 is 1.77 bits per heavy atom. The van der Waals surface area contributed by atoms with Gasteiger partial charge in [-0.25, -0.2) is 0 Å². The molecule has 0 bridgehead atoms. The van der Waals surface area contributed by atoms with E-state index in [0.717, 1.165) is 69.0 Å². The molecule has 0 N–H and O–H groups in total. The maximum absolute atomic E-state index is 13.1. The fourth-order valence-corrected chi connectivity index (χ4v) is 4.88. The van der Waals surface area contributed by atoms with Crippen molar-refractivity contribution in [2.24, 2.45) is 5.92 Å². The van der Waals surface area contributed by atoms with E-state index in [2.05, 4.69) is 47.9 Å².